The van der Waals surface area contributed by atoms with Crippen molar-refractivity contribution in [3.8, 4) is 0 Å². The van der Waals surface area contributed by atoms with E-state index < -0.39 is 10.1 Å². The Bertz CT molecular complexity index is 544. The number of hydrogen-bond acceptors (Lipinski definition) is 4. The van der Waals surface area contributed by atoms with E-state index in [0.717, 1.165) is 10.2 Å². The van der Waals surface area contributed by atoms with Gasteiger partial charge >= 0.3 is 0 Å². The molecule has 0 saturated heterocycles. The summed E-state index contributed by atoms with van der Waals surface area (Å²) in [5.74, 6) is 0. The summed E-state index contributed by atoms with van der Waals surface area (Å²) < 4.78 is 31.0. The van der Waals surface area contributed by atoms with Gasteiger partial charge < -0.3 is 0 Å². The summed E-state index contributed by atoms with van der Waals surface area (Å²) >= 11 is 1.33. The van der Waals surface area contributed by atoms with Crippen LogP contribution in [0.4, 0.5) is 0 Å². The quantitative estimate of drug-likeness (QED) is 0.733. The molecule has 0 fully saturated rings. The third kappa shape index (κ3) is 1.55. The van der Waals surface area contributed by atoms with Gasteiger partial charge in [-0.05, 0) is 18.2 Å². The van der Waals surface area contributed by atoms with Crippen LogP contribution in [0.15, 0.2) is 28.6 Å². The molecule has 68 valence electrons. The first-order valence-corrected chi connectivity index (χ1v) is 5.70. The van der Waals surface area contributed by atoms with Crippen LogP contribution in [-0.2, 0) is 10.1 Å². The number of aromatic nitrogens is 1. The first kappa shape index (κ1) is 8.61. The van der Waals surface area contributed by atoms with E-state index in [-0.39, 0.29) is 4.90 Å². The fourth-order valence-electron chi connectivity index (χ4n) is 0.996. The predicted molar refractivity (Wildman–Crippen MR) is 49.4 cm³/mol. The molecule has 6 heteroatoms. The molecule has 0 aliphatic carbocycles. The van der Waals surface area contributed by atoms with E-state index in [1.807, 2.05) is 0 Å². The van der Waals surface area contributed by atoms with Crippen LogP contribution >= 0.6 is 11.3 Å². The highest BCUT2D eigenvalue weighted by Gasteiger charge is 2.10. The molecule has 4 nitrogen and oxygen atoms in total. The molecule has 0 saturated carbocycles. The number of rotatable bonds is 1. The van der Waals surface area contributed by atoms with E-state index in [4.69, 9.17) is 4.55 Å². The van der Waals surface area contributed by atoms with Gasteiger partial charge in [0, 0.05) is 0 Å². The lowest BCUT2D eigenvalue weighted by Crippen LogP contribution is -1.96. The molecule has 2 rings (SSSR count). The van der Waals surface area contributed by atoms with E-state index in [1.54, 1.807) is 11.6 Å². The average molecular weight is 215 g/mol. The van der Waals surface area contributed by atoms with Crippen LogP contribution in [-0.4, -0.2) is 18.0 Å². The van der Waals surface area contributed by atoms with Gasteiger partial charge in [0.1, 0.15) is 0 Å². The number of benzene rings is 1. The second kappa shape index (κ2) is 2.76. The van der Waals surface area contributed by atoms with Crippen molar-refractivity contribution in [2.45, 2.75) is 4.90 Å². The lowest BCUT2D eigenvalue weighted by atomic mass is 10.3. The zero-order valence-corrected chi connectivity index (χ0v) is 7.97. The monoisotopic (exact) mass is 215 g/mol. The number of nitrogens with zero attached hydrogens (tertiary/aromatic N) is 1. The van der Waals surface area contributed by atoms with Crippen LogP contribution in [0.2, 0.25) is 0 Å². The highest BCUT2D eigenvalue weighted by molar-refractivity contribution is 7.85. The van der Waals surface area contributed by atoms with E-state index in [1.165, 1.54) is 23.5 Å². The molecule has 1 heterocycles. The van der Waals surface area contributed by atoms with Gasteiger partial charge in [-0.25, -0.2) is 4.98 Å². The molecular weight excluding hydrogens is 210 g/mol. The molecule has 0 unspecified atom stereocenters. The second-order valence-electron chi connectivity index (χ2n) is 2.46. The van der Waals surface area contributed by atoms with E-state index in [0.29, 0.717) is 0 Å². The van der Waals surface area contributed by atoms with Crippen molar-refractivity contribution in [1.29, 1.82) is 0 Å². The molecule has 1 aromatic carbocycles. The Hall–Kier alpha value is -0.980. The van der Waals surface area contributed by atoms with E-state index in [2.05, 4.69) is 4.98 Å². The van der Waals surface area contributed by atoms with Crippen LogP contribution < -0.4 is 0 Å². The summed E-state index contributed by atoms with van der Waals surface area (Å²) in [4.78, 5) is 3.89. The van der Waals surface area contributed by atoms with Crippen molar-refractivity contribution in [3.05, 3.63) is 23.7 Å². The smallest absolute Gasteiger partial charge is 0.282 e. The van der Waals surface area contributed by atoms with Crippen molar-refractivity contribution in [2.75, 3.05) is 0 Å². The minimum absolute atomic E-state index is 0.0933. The van der Waals surface area contributed by atoms with Gasteiger partial charge in [0.15, 0.2) is 0 Å². The third-order valence-electron chi connectivity index (χ3n) is 1.60. The van der Waals surface area contributed by atoms with Crippen LogP contribution in [0, 0.1) is 0 Å². The Labute approximate surface area is 78.6 Å². The largest absolute Gasteiger partial charge is 0.294 e. The lowest BCUT2D eigenvalue weighted by molar-refractivity contribution is 0.483. The third-order valence-corrected chi connectivity index (χ3v) is 3.24. The topological polar surface area (TPSA) is 67.3 Å². The zero-order valence-electron chi connectivity index (χ0n) is 6.34. The minimum Gasteiger partial charge on any atom is -0.282 e. The fraction of sp³-hybridized carbons (Fsp3) is 0. The summed E-state index contributed by atoms with van der Waals surface area (Å²) in [5.41, 5.74) is 2.36. The highest BCUT2D eigenvalue weighted by Crippen LogP contribution is 2.21. The fourth-order valence-corrected chi connectivity index (χ4v) is 2.29. The minimum atomic E-state index is -4.09. The lowest BCUT2D eigenvalue weighted by Gasteiger charge is -1.94. The Balaban J connectivity index is 2.75. The van der Waals surface area contributed by atoms with Crippen molar-refractivity contribution < 1.29 is 13.0 Å². The summed E-state index contributed by atoms with van der Waals surface area (Å²) in [6, 6.07) is 4.30. The summed E-state index contributed by atoms with van der Waals surface area (Å²) in [5, 5.41) is 0. The molecular formula is C7H5NO3S2. The van der Waals surface area contributed by atoms with Crippen LogP contribution in [0.5, 0.6) is 0 Å². The van der Waals surface area contributed by atoms with Gasteiger partial charge in [-0.1, -0.05) is 0 Å². The van der Waals surface area contributed by atoms with Crippen molar-refractivity contribution in [2.24, 2.45) is 0 Å². The number of thiazole rings is 1. The summed E-state index contributed by atoms with van der Waals surface area (Å²) in [6.45, 7) is 0. The van der Waals surface area contributed by atoms with Crippen LogP contribution in [0.1, 0.15) is 0 Å². The Kier molecular flexibility index (Phi) is 1.83. The van der Waals surface area contributed by atoms with Gasteiger partial charge in [0.25, 0.3) is 10.1 Å². The highest BCUT2D eigenvalue weighted by atomic mass is 32.2. The van der Waals surface area contributed by atoms with Gasteiger partial charge in [0.2, 0.25) is 0 Å². The molecule has 0 bridgehead atoms. The normalized spacial score (nSPS) is 12.1. The standard InChI is InChI=1S/C7H5NO3S2/c9-13(10,11)5-1-2-6-7(3-5)12-4-8-6/h1-4H,(H,9,10,11). The SMILES string of the molecule is O=S(=O)(O)c1ccc2ncsc2c1. The van der Waals surface area contributed by atoms with Gasteiger partial charge in [-0.2, -0.15) is 8.42 Å². The Morgan fingerprint density at radius 2 is 2.15 bits per heavy atom. The molecule has 0 aliphatic heterocycles. The number of hydrogen-bond donors (Lipinski definition) is 1. The van der Waals surface area contributed by atoms with Crippen LogP contribution in [0.3, 0.4) is 0 Å². The van der Waals surface area contributed by atoms with Crippen molar-refractivity contribution in [1.82, 2.24) is 4.98 Å². The van der Waals surface area contributed by atoms with Crippen molar-refractivity contribution in [3.63, 3.8) is 0 Å². The number of fused-ring (bicyclic) bond motifs is 1. The van der Waals surface area contributed by atoms with E-state index >= 15 is 0 Å². The average Bonchev–Trinajstić information content (AvgIpc) is 2.47. The molecule has 0 spiro atoms. The Morgan fingerprint density at radius 3 is 2.85 bits per heavy atom. The molecule has 0 atom stereocenters. The molecule has 0 aliphatic rings. The Morgan fingerprint density at radius 1 is 1.38 bits per heavy atom. The molecule has 0 amide bonds. The molecule has 0 radical (unpaired) electrons. The first-order valence-electron chi connectivity index (χ1n) is 3.38. The summed E-state index contributed by atoms with van der Waals surface area (Å²) in [7, 11) is -4.09. The maximum atomic E-state index is 10.7. The van der Waals surface area contributed by atoms with Gasteiger partial charge in [-0.3, -0.25) is 4.55 Å². The molecule has 13 heavy (non-hydrogen) atoms. The summed E-state index contributed by atoms with van der Waals surface area (Å²) in [6.07, 6.45) is 0. The molecule has 1 aromatic heterocycles. The predicted octanol–water partition coefficient (Wildman–Crippen LogP) is 1.54. The molecule has 1 N–H and O–H groups in total. The van der Waals surface area contributed by atoms with Gasteiger partial charge in [0.05, 0.1) is 20.6 Å². The zero-order chi connectivity index (χ0) is 9.47. The molecule has 2 aromatic rings. The van der Waals surface area contributed by atoms with Gasteiger partial charge in [-0.15, -0.1) is 11.3 Å². The van der Waals surface area contributed by atoms with Crippen LogP contribution in [0.25, 0.3) is 10.2 Å². The second-order valence-corrected chi connectivity index (χ2v) is 4.76. The van der Waals surface area contributed by atoms with Crippen molar-refractivity contribution >= 4 is 31.7 Å². The first-order chi connectivity index (χ1) is 6.07. The maximum Gasteiger partial charge on any atom is 0.294 e. The van der Waals surface area contributed by atoms with E-state index in [9.17, 15) is 8.42 Å². The maximum absolute atomic E-state index is 10.7.